The van der Waals surface area contributed by atoms with E-state index in [0.29, 0.717) is 16.1 Å². The van der Waals surface area contributed by atoms with Crippen molar-refractivity contribution >= 4 is 23.0 Å². The molecule has 0 saturated carbocycles. The molecule has 60 valence electrons. The molecular weight excluding hydrogens is 162 g/mol. The van der Waals surface area contributed by atoms with Gasteiger partial charge in [0.1, 0.15) is 4.88 Å². The van der Waals surface area contributed by atoms with E-state index in [1.165, 1.54) is 11.3 Å². The molecule has 3 nitrogen and oxygen atoms in total. The molecule has 0 atom stereocenters. The molecule has 1 aromatic heterocycles. The first kappa shape index (κ1) is 8.07. The summed E-state index contributed by atoms with van der Waals surface area (Å²) >= 11 is 1.22. The molecule has 11 heavy (non-hydrogen) atoms. The van der Waals surface area contributed by atoms with Crippen LogP contribution in [0.15, 0.2) is 0 Å². The molecule has 1 aromatic rings. The molecule has 1 heterocycles. The van der Waals surface area contributed by atoms with Gasteiger partial charge in [0.05, 0.1) is 0 Å². The molecule has 0 amide bonds. The Hall–Kier alpha value is -1.03. The Labute approximate surface area is 68.5 Å². The standard InChI is InChI=1S/C7H9NO2S/c1-3-5(8)4(2)11-6(3)7(9)10/h8H2,1-2H3,(H,9,10). The van der Waals surface area contributed by atoms with E-state index in [1.807, 2.05) is 6.92 Å². The van der Waals surface area contributed by atoms with Crippen molar-refractivity contribution in [2.45, 2.75) is 13.8 Å². The molecule has 0 aromatic carbocycles. The number of anilines is 1. The summed E-state index contributed by atoms with van der Waals surface area (Å²) in [6.45, 7) is 3.54. The summed E-state index contributed by atoms with van der Waals surface area (Å²) in [4.78, 5) is 11.8. The summed E-state index contributed by atoms with van der Waals surface area (Å²) in [6, 6.07) is 0. The van der Waals surface area contributed by atoms with Crippen LogP contribution in [0.2, 0.25) is 0 Å². The molecule has 0 bridgehead atoms. The predicted molar refractivity (Wildman–Crippen MR) is 45.2 cm³/mol. The lowest BCUT2D eigenvalue weighted by molar-refractivity contribution is 0.0701. The zero-order valence-corrected chi connectivity index (χ0v) is 7.16. The molecule has 0 unspecified atom stereocenters. The Balaban J connectivity index is 3.29. The molecule has 0 fully saturated rings. The van der Waals surface area contributed by atoms with E-state index in [4.69, 9.17) is 10.8 Å². The predicted octanol–water partition coefficient (Wildman–Crippen LogP) is 1.65. The van der Waals surface area contributed by atoms with Gasteiger partial charge < -0.3 is 10.8 Å². The molecule has 3 N–H and O–H groups in total. The molecule has 1 rings (SSSR count). The maximum Gasteiger partial charge on any atom is 0.346 e. The second-order valence-electron chi connectivity index (χ2n) is 2.33. The van der Waals surface area contributed by atoms with Crippen molar-refractivity contribution in [1.29, 1.82) is 0 Å². The van der Waals surface area contributed by atoms with Gasteiger partial charge in [0.2, 0.25) is 0 Å². The number of rotatable bonds is 1. The topological polar surface area (TPSA) is 63.3 Å². The van der Waals surface area contributed by atoms with Gasteiger partial charge in [-0.05, 0) is 19.4 Å². The van der Waals surface area contributed by atoms with Crippen LogP contribution in [0.1, 0.15) is 20.1 Å². The van der Waals surface area contributed by atoms with E-state index in [-0.39, 0.29) is 0 Å². The number of nitrogens with two attached hydrogens (primary N) is 1. The van der Waals surface area contributed by atoms with Gasteiger partial charge in [-0.2, -0.15) is 0 Å². The largest absolute Gasteiger partial charge is 0.477 e. The normalized spacial score (nSPS) is 10.0. The monoisotopic (exact) mass is 171 g/mol. The highest BCUT2D eigenvalue weighted by atomic mass is 32.1. The fourth-order valence-electron chi connectivity index (χ4n) is 0.875. The second kappa shape index (κ2) is 2.54. The Morgan fingerprint density at radius 1 is 1.55 bits per heavy atom. The third-order valence-electron chi connectivity index (χ3n) is 1.57. The van der Waals surface area contributed by atoms with Gasteiger partial charge in [-0.25, -0.2) is 4.79 Å². The number of thiophene rings is 1. The van der Waals surface area contributed by atoms with Crippen LogP contribution >= 0.6 is 11.3 Å². The van der Waals surface area contributed by atoms with Crippen LogP contribution in [0.3, 0.4) is 0 Å². The fourth-order valence-corrected chi connectivity index (χ4v) is 1.79. The highest BCUT2D eigenvalue weighted by Gasteiger charge is 2.14. The van der Waals surface area contributed by atoms with Crippen molar-refractivity contribution in [1.82, 2.24) is 0 Å². The summed E-state index contributed by atoms with van der Waals surface area (Å²) in [7, 11) is 0. The number of aromatic carboxylic acids is 1. The molecule has 0 spiro atoms. The van der Waals surface area contributed by atoms with Crippen molar-refractivity contribution < 1.29 is 9.90 Å². The molecule has 0 aliphatic heterocycles. The zero-order valence-electron chi connectivity index (χ0n) is 6.34. The van der Waals surface area contributed by atoms with E-state index >= 15 is 0 Å². The minimum absolute atomic E-state index is 0.347. The van der Waals surface area contributed by atoms with Gasteiger partial charge in [0.25, 0.3) is 0 Å². The van der Waals surface area contributed by atoms with E-state index < -0.39 is 5.97 Å². The summed E-state index contributed by atoms with van der Waals surface area (Å²) in [5, 5.41) is 8.66. The third-order valence-corrected chi connectivity index (χ3v) is 2.78. The lowest BCUT2D eigenvalue weighted by Gasteiger charge is -1.91. The first-order valence-corrected chi connectivity index (χ1v) is 3.94. The number of carbonyl (C=O) groups is 1. The van der Waals surface area contributed by atoms with E-state index in [1.54, 1.807) is 6.92 Å². The van der Waals surface area contributed by atoms with Crippen LogP contribution in [0.4, 0.5) is 5.69 Å². The van der Waals surface area contributed by atoms with Gasteiger partial charge in [-0.3, -0.25) is 0 Å². The summed E-state index contributed by atoms with van der Waals surface area (Å²) in [5.74, 6) is -0.896. The molecule has 0 radical (unpaired) electrons. The van der Waals surface area contributed by atoms with Gasteiger partial charge in [-0.1, -0.05) is 0 Å². The third kappa shape index (κ3) is 1.21. The first-order valence-electron chi connectivity index (χ1n) is 3.12. The summed E-state index contributed by atoms with van der Waals surface area (Å²) in [5.41, 5.74) is 6.87. The zero-order chi connectivity index (χ0) is 8.59. The van der Waals surface area contributed by atoms with E-state index in [0.717, 1.165) is 4.88 Å². The number of aryl methyl sites for hydroxylation is 1. The molecule has 0 saturated heterocycles. The number of nitrogen functional groups attached to an aromatic ring is 1. The quantitative estimate of drug-likeness (QED) is 0.675. The lowest BCUT2D eigenvalue weighted by atomic mass is 10.2. The fraction of sp³-hybridized carbons (Fsp3) is 0.286. The minimum Gasteiger partial charge on any atom is -0.477 e. The highest BCUT2D eigenvalue weighted by molar-refractivity contribution is 7.14. The van der Waals surface area contributed by atoms with E-state index in [9.17, 15) is 4.79 Å². The van der Waals surface area contributed by atoms with Gasteiger partial charge >= 0.3 is 5.97 Å². The highest BCUT2D eigenvalue weighted by Crippen LogP contribution is 2.28. The number of carboxylic acids is 1. The van der Waals surface area contributed by atoms with Crippen LogP contribution in [0.5, 0.6) is 0 Å². The molecule has 0 aliphatic carbocycles. The Kier molecular flexibility index (Phi) is 1.87. The van der Waals surface area contributed by atoms with Crippen molar-refractivity contribution in [2.75, 3.05) is 5.73 Å². The van der Waals surface area contributed by atoms with Crippen molar-refractivity contribution in [2.24, 2.45) is 0 Å². The van der Waals surface area contributed by atoms with Crippen molar-refractivity contribution in [3.8, 4) is 0 Å². The van der Waals surface area contributed by atoms with Crippen LogP contribution in [0, 0.1) is 13.8 Å². The molecule has 0 aliphatic rings. The number of hydrogen-bond acceptors (Lipinski definition) is 3. The average Bonchev–Trinajstić information content (AvgIpc) is 2.17. The Morgan fingerprint density at radius 3 is 2.27 bits per heavy atom. The van der Waals surface area contributed by atoms with E-state index in [2.05, 4.69) is 0 Å². The smallest absolute Gasteiger partial charge is 0.346 e. The number of hydrogen-bond donors (Lipinski definition) is 2. The maximum atomic E-state index is 10.5. The maximum absolute atomic E-state index is 10.5. The van der Waals surface area contributed by atoms with Crippen LogP contribution < -0.4 is 5.73 Å². The molecule has 4 heteroatoms. The van der Waals surface area contributed by atoms with Gasteiger partial charge in [-0.15, -0.1) is 11.3 Å². The van der Waals surface area contributed by atoms with Crippen molar-refractivity contribution in [3.05, 3.63) is 15.3 Å². The minimum atomic E-state index is -0.896. The summed E-state index contributed by atoms with van der Waals surface area (Å²) in [6.07, 6.45) is 0. The average molecular weight is 171 g/mol. The van der Waals surface area contributed by atoms with Crippen LogP contribution in [-0.4, -0.2) is 11.1 Å². The molecular formula is C7H9NO2S. The van der Waals surface area contributed by atoms with Gasteiger partial charge in [0.15, 0.2) is 0 Å². The SMILES string of the molecule is Cc1sc(C(=O)O)c(C)c1N. The van der Waals surface area contributed by atoms with Crippen molar-refractivity contribution in [3.63, 3.8) is 0 Å². The van der Waals surface area contributed by atoms with Gasteiger partial charge in [0, 0.05) is 10.6 Å². The Morgan fingerprint density at radius 2 is 2.09 bits per heavy atom. The second-order valence-corrected chi connectivity index (χ2v) is 3.56. The van der Waals surface area contributed by atoms with Crippen LogP contribution in [0.25, 0.3) is 0 Å². The summed E-state index contributed by atoms with van der Waals surface area (Å²) < 4.78 is 0. The van der Waals surface area contributed by atoms with Crippen LogP contribution in [-0.2, 0) is 0 Å². The Bertz CT molecular complexity index is 304. The first-order chi connectivity index (χ1) is 5.04. The lowest BCUT2D eigenvalue weighted by Crippen LogP contribution is -1.95. The number of carboxylic acid groups (broad SMARTS) is 1.